The van der Waals surface area contributed by atoms with Gasteiger partial charge in [0.2, 0.25) is 0 Å². The van der Waals surface area contributed by atoms with Gasteiger partial charge in [-0.05, 0) is 49.6 Å². The summed E-state index contributed by atoms with van der Waals surface area (Å²) in [7, 11) is 0. The minimum absolute atomic E-state index is 0. The Labute approximate surface area is 108 Å². The summed E-state index contributed by atoms with van der Waals surface area (Å²) in [4.78, 5) is 2.36. The van der Waals surface area contributed by atoms with Gasteiger partial charge in [-0.25, -0.2) is 4.39 Å². The Balaban J connectivity index is 0.00000144. The van der Waals surface area contributed by atoms with Gasteiger partial charge in [0.15, 0.2) is 0 Å². The molecule has 0 saturated carbocycles. The lowest BCUT2D eigenvalue weighted by molar-refractivity contribution is 0.249. The van der Waals surface area contributed by atoms with Crippen molar-refractivity contribution in [3.8, 4) is 0 Å². The van der Waals surface area contributed by atoms with Gasteiger partial charge in [0, 0.05) is 19.1 Å². The predicted molar refractivity (Wildman–Crippen MR) is 70.9 cm³/mol. The van der Waals surface area contributed by atoms with Gasteiger partial charge in [-0.1, -0.05) is 6.07 Å². The molecule has 0 radical (unpaired) electrons. The molecule has 0 aromatic heterocycles. The molecule has 17 heavy (non-hydrogen) atoms. The Hall–Kier alpha value is -0.640. The second-order valence-corrected chi connectivity index (χ2v) is 4.57. The van der Waals surface area contributed by atoms with E-state index in [1.165, 1.54) is 18.9 Å². The molecular weight excluding hydrogens is 239 g/mol. The van der Waals surface area contributed by atoms with E-state index in [2.05, 4.69) is 4.90 Å². The number of benzene rings is 1. The number of halogens is 2. The van der Waals surface area contributed by atoms with E-state index >= 15 is 0 Å². The first-order valence-corrected chi connectivity index (χ1v) is 5.90. The van der Waals surface area contributed by atoms with Crippen molar-refractivity contribution < 1.29 is 4.39 Å². The fraction of sp³-hybridized carbons (Fsp3) is 0.538. The number of likely N-dealkylation sites (tertiary alicyclic amines) is 1. The molecule has 1 unspecified atom stereocenters. The highest BCUT2D eigenvalue weighted by Crippen LogP contribution is 2.21. The summed E-state index contributed by atoms with van der Waals surface area (Å²) in [6.45, 7) is 4.64. The molecule has 0 spiro atoms. The Bertz CT molecular complexity index is 370. The highest BCUT2D eigenvalue weighted by molar-refractivity contribution is 5.85. The van der Waals surface area contributed by atoms with Crippen molar-refractivity contribution in [2.45, 2.75) is 32.4 Å². The zero-order valence-electron chi connectivity index (χ0n) is 10.2. The molecule has 1 fully saturated rings. The zero-order valence-corrected chi connectivity index (χ0v) is 11.0. The molecule has 2 nitrogen and oxygen atoms in total. The van der Waals surface area contributed by atoms with Crippen molar-refractivity contribution >= 4 is 12.4 Å². The third kappa shape index (κ3) is 3.41. The third-order valence-electron chi connectivity index (χ3n) is 3.46. The standard InChI is InChI=1S/C13H19FN2.ClH/c1-10-4-5-12(14)7-11(10)9-16-6-2-3-13(16)8-15;/h4-5,7,13H,2-3,6,8-9,15H2,1H3;1H. The SMILES string of the molecule is Cc1ccc(F)cc1CN1CCCC1CN.Cl. The monoisotopic (exact) mass is 258 g/mol. The van der Waals surface area contributed by atoms with Gasteiger partial charge in [0.25, 0.3) is 0 Å². The van der Waals surface area contributed by atoms with E-state index in [0.29, 0.717) is 12.6 Å². The fourth-order valence-electron chi connectivity index (χ4n) is 2.40. The van der Waals surface area contributed by atoms with Gasteiger partial charge < -0.3 is 5.73 Å². The average molecular weight is 259 g/mol. The van der Waals surface area contributed by atoms with Crippen LogP contribution in [0, 0.1) is 12.7 Å². The van der Waals surface area contributed by atoms with Crippen molar-refractivity contribution in [1.82, 2.24) is 4.90 Å². The normalized spacial score (nSPS) is 20.3. The number of nitrogens with zero attached hydrogens (tertiary/aromatic N) is 1. The molecule has 2 N–H and O–H groups in total. The maximum absolute atomic E-state index is 13.2. The Morgan fingerprint density at radius 3 is 2.94 bits per heavy atom. The van der Waals surface area contributed by atoms with Crippen LogP contribution in [0.25, 0.3) is 0 Å². The minimum Gasteiger partial charge on any atom is -0.329 e. The fourth-order valence-corrected chi connectivity index (χ4v) is 2.40. The van der Waals surface area contributed by atoms with Crippen molar-refractivity contribution in [1.29, 1.82) is 0 Å². The molecule has 0 bridgehead atoms. The van der Waals surface area contributed by atoms with E-state index in [9.17, 15) is 4.39 Å². The summed E-state index contributed by atoms with van der Waals surface area (Å²) in [5, 5.41) is 0. The van der Waals surface area contributed by atoms with Crippen LogP contribution in [0.15, 0.2) is 18.2 Å². The van der Waals surface area contributed by atoms with Gasteiger partial charge in [0.05, 0.1) is 0 Å². The minimum atomic E-state index is -0.149. The van der Waals surface area contributed by atoms with Crippen LogP contribution in [-0.4, -0.2) is 24.0 Å². The summed E-state index contributed by atoms with van der Waals surface area (Å²) in [6.07, 6.45) is 2.38. The van der Waals surface area contributed by atoms with Crippen LogP contribution in [0.5, 0.6) is 0 Å². The maximum atomic E-state index is 13.2. The molecular formula is C13H20ClFN2. The van der Waals surface area contributed by atoms with Crippen molar-refractivity contribution in [3.63, 3.8) is 0 Å². The van der Waals surface area contributed by atoms with Gasteiger partial charge in [-0.15, -0.1) is 12.4 Å². The Morgan fingerprint density at radius 1 is 1.47 bits per heavy atom. The summed E-state index contributed by atoms with van der Waals surface area (Å²) >= 11 is 0. The van der Waals surface area contributed by atoms with Crippen LogP contribution in [0.2, 0.25) is 0 Å². The lowest BCUT2D eigenvalue weighted by Gasteiger charge is -2.23. The van der Waals surface area contributed by atoms with Crippen LogP contribution in [-0.2, 0) is 6.54 Å². The van der Waals surface area contributed by atoms with Crippen LogP contribution in [0.1, 0.15) is 24.0 Å². The molecule has 0 amide bonds. The molecule has 1 saturated heterocycles. The van der Waals surface area contributed by atoms with E-state index in [1.54, 1.807) is 6.07 Å². The lowest BCUT2D eigenvalue weighted by Crippen LogP contribution is -2.35. The van der Waals surface area contributed by atoms with E-state index < -0.39 is 0 Å². The molecule has 4 heteroatoms. The van der Waals surface area contributed by atoms with E-state index in [1.807, 2.05) is 13.0 Å². The Kier molecular flexibility index (Phi) is 5.37. The predicted octanol–water partition coefficient (Wildman–Crippen LogP) is 2.48. The molecule has 1 aliphatic heterocycles. The smallest absolute Gasteiger partial charge is 0.123 e. The first-order valence-electron chi connectivity index (χ1n) is 5.90. The second kappa shape index (κ2) is 6.34. The maximum Gasteiger partial charge on any atom is 0.123 e. The topological polar surface area (TPSA) is 29.3 Å². The highest BCUT2D eigenvalue weighted by atomic mass is 35.5. The molecule has 2 rings (SSSR count). The van der Waals surface area contributed by atoms with Crippen LogP contribution >= 0.6 is 12.4 Å². The largest absolute Gasteiger partial charge is 0.329 e. The molecule has 1 heterocycles. The first-order chi connectivity index (χ1) is 7.70. The zero-order chi connectivity index (χ0) is 11.5. The molecule has 0 aliphatic carbocycles. The molecule has 96 valence electrons. The molecule has 1 atom stereocenters. The van der Waals surface area contributed by atoms with Crippen molar-refractivity contribution in [2.75, 3.05) is 13.1 Å². The quantitative estimate of drug-likeness (QED) is 0.903. The van der Waals surface area contributed by atoms with Gasteiger partial charge in [-0.2, -0.15) is 0 Å². The van der Waals surface area contributed by atoms with E-state index in [0.717, 1.165) is 24.2 Å². The van der Waals surface area contributed by atoms with E-state index in [4.69, 9.17) is 5.73 Å². The number of rotatable bonds is 3. The number of nitrogens with two attached hydrogens (primary N) is 1. The summed E-state index contributed by atoms with van der Waals surface area (Å²) in [5.41, 5.74) is 7.97. The highest BCUT2D eigenvalue weighted by Gasteiger charge is 2.23. The molecule has 1 aliphatic rings. The van der Waals surface area contributed by atoms with Crippen LogP contribution in [0.4, 0.5) is 4.39 Å². The van der Waals surface area contributed by atoms with Gasteiger partial charge in [0.1, 0.15) is 5.82 Å². The first kappa shape index (κ1) is 14.4. The summed E-state index contributed by atoms with van der Waals surface area (Å²) in [6, 6.07) is 5.48. The lowest BCUT2D eigenvalue weighted by atomic mass is 10.1. The van der Waals surface area contributed by atoms with E-state index in [-0.39, 0.29) is 18.2 Å². The summed E-state index contributed by atoms with van der Waals surface area (Å²) < 4.78 is 13.2. The second-order valence-electron chi connectivity index (χ2n) is 4.57. The number of hydrogen-bond donors (Lipinski definition) is 1. The van der Waals surface area contributed by atoms with Crippen molar-refractivity contribution in [2.24, 2.45) is 5.73 Å². The van der Waals surface area contributed by atoms with Crippen LogP contribution in [0.3, 0.4) is 0 Å². The number of hydrogen-bond acceptors (Lipinski definition) is 2. The third-order valence-corrected chi connectivity index (χ3v) is 3.46. The van der Waals surface area contributed by atoms with Gasteiger partial charge in [-0.3, -0.25) is 4.90 Å². The average Bonchev–Trinajstić information content (AvgIpc) is 2.71. The number of aryl methyl sites for hydroxylation is 1. The summed E-state index contributed by atoms with van der Waals surface area (Å²) in [5.74, 6) is -0.149. The van der Waals surface area contributed by atoms with Crippen molar-refractivity contribution in [3.05, 3.63) is 35.1 Å². The van der Waals surface area contributed by atoms with Gasteiger partial charge >= 0.3 is 0 Å². The molecule has 1 aromatic rings. The Morgan fingerprint density at radius 2 is 2.24 bits per heavy atom. The molecule has 1 aromatic carbocycles. The van der Waals surface area contributed by atoms with Crippen LogP contribution < -0.4 is 5.73 Å².